The molecule has 1 rings (SSSR count). The van der Waals surface area contributed by atoms with Crippen molar-refractivity contribution >= 4 is 0 Å². The zero-order chi connectivity index (χ0) is 7.40. The molecule has 0 spiro atoms. The third-order valence-electron chi connectivity index (χ3n) is 2.46. The molecule has 2 atom stereocenters. The van der Waals surface area contributed by atoms with Crippen LogP contribution in [0, 0.1) is 11.8 Å². The van der Waals surface area contributed by atoms with Crippen molar-refractivity contribution in [3.8, 4) is 0 Å². The first kappa shape index (κ1) is 7.80. The molecule has 0 aromatic carbocycles. The van der Waals surface area contributed by atoms with Gasteiger partial charge in [-0.3, -0.25) is 0 Å². The van der Waals surface area contributed by atoms with E-state index >= 15 is 0 Å². The number of allylic oxidation sites excluding steroid dienone is 2. The highest BCUT2D eigenvalue weighted by Crippen LogP contribution is 2.31. The SMILES string of the molecule is C/C=C/C1CCCC1CN. The Labute approximate surface area is 63.3 Å². The monoisotopic (exact) mass is 139 g/mol. The number of hydrogen-bond acceptors (Lipinski definition) is 1. The topological polar surface area (TPSA) is 26.0 Å². The molecule has 0 aromatic rings. The lowest BCUT2D eigenvalue weighted by Crippen LogP contribution is -2.16. The van der Waals surface area contributed by atoms with E-state index in [1.54, 1.807) is 0 Å². The lowest BCUT2D eigenvalue weighted by atomic mass is 9.96. The van der Waals surface area contributed by atoms with Crippen LogP contribution in [0.1, 0.15) is 26.2 Å². The summed E-state index contributed by atoms with van der Waals surface area (Å²) in [5, 5.41) is 0. The normalized spacial score (nSPS) is 33.8. The van der Waals surface area contributed by atoms with E-state index in [1.807, 2.05) is 0 Å². The molecule has 1 heteroatoms. The highest BCUT2D eigenvalue weighted by Gasteiger charge is 2.22. The van der Waals surface area contributed by atoms with Crippen molar-refractivity contribution in [1.29, 1.82) is 0 Å². The average Bonchev–Trinajstić information content (AvgIpc) is 2.36. The Hall–Kier alpha value is -0.300. The summed E-state index contributed by atoms with van der Waals surface area (Å²) in [5.41, 5.74) is 5.62. The van der Waals surface area contributed by atoms with Crippen molar-refractivity contribution in [1.82, 2.24) is 0 Å². The summed E-state index contributed by atoms with van der Waals surface area (Å²) in [6.45, 7) is 2.96. The van der Waals surface area contributed by atoms with Crippen LogP contribution >= 0.6 is 0 Å². The predicted octanol–water partition coefficient (Wildman–Crippen LogP) is 1.94. The fraction of sp³-hybridized carbons (Fsp3) is 0.778. The Morgan fingerprint density at radius 2 is 2.30 bits per heavy atom. The van der Waals surface area contributed by atoms with Crippen molar-refractivity contribution in [2.45, 2.75) is 26.2 Å². The second kappa shape index (κ2) is 3.77. The largest absolute Gasteiger partial charge is 0.330 e. The number of rotatable bonds is 2. The van der Waals surface area contributed by atoms with Crippen molar-refractivity contribution in [2.24, 2.45) is 17.6 Å². The van der Waals surface area contributed by atoms with Gasteiger partial charge in [0.2, 0.25) is 0 Å². The van der Waals surface area contributed by atoms with Gasteiger partial charge in [0, 0.05) is 0 Å². The van der Waals surface area contributed by atoms with Crippen molar-refractivity contribution < 1.29 is 0 Å². The molecule has 1 fully saturated rings. The molecule has 0 radical (unpaired) electrons. The maximum absolute atomic E-state index is 5.62. The Morgan fingerprint density at radius 1 is 1.50 bits per heavy atom. The first-order valence-electron chi connectivity index (χ1n) is 4.21. The fourth-order valence-corrected chi connectivity index (χ4v) is 1.86. The van der Waals surface area contributed by atoms with Gasteiger partial charge in [-0.2, -0.15) is 0 Å². The van der Waals surface area contributed by atoms with Gasteiger partial charge >= 0.3 is 0 Å². The summed E-state index contributed by atoms with van der Waals surface area (Å²) < 4.78 is 0. The molecule has 0 saturated heterocycles. The standard InChI is InChI=1S/C9H17N/c1-2-4-8-5-3-6-9(8)7-10/h2,4,8-9H,3,5-7,10H2,1H3/b4-2+. The van der Waals surface area contributed by atoms with Gasteiger partial charge in [0.1, 0.15) is 0 Å². The summed E-state index contributed by atoms with van der Waals surface area (Å²) in [5.74, 6) is 1.56. The molecule has 0 amide bonds. The van der Waals surface area contributed by atoms with E-state index in [9.17, 15) is 0 Å². The lowest BCUT2D eigenvalue weighted by Gasteiger charge is -2.12. The van der Waals surface area contributed by atoms with Crippen LogP contribution in [-0.2, 0) is 0 Å². The molecule has 1 aliphatic carbocycles. The average molecular weight is 139 g/mol. The molecular weight excluding hydrogens is 122 g/mol. The van der Waals surface area contributed by atoms with Gasteiger partial charge in [0.05, 0.1) is 0 Å². The van der Waals surface area contributed by atoms with Crippen LogP contribution in [0.15, 0.2) is 12.2 Å². The molecule has 0 bridgehead atoms. The van der Waals surface area contributed by atoms with Crippen LogP contribution in [0.4, 0.5) is 0 Å². The van der Waals surface area contributed by atoms with E-state index in [4.69, 9.17) is 5.73 Å². The Balaban J connectivity index is 2.41. The number of hydrogen-bond donors (Lipinski definition) is 1. The summed E-state index contributed by atoms with van der Waals surface area (Å²) in [6, 6.07) is 0. The van der Waals surface area contributed by atoms with Gasteiger partial charge in [-0.05, 0) is 38.1 Å². The van der Waals surface area contributed by atoms with Crippen LogP contribution in [0.3, 0.4) is 0 Å². The van der Waals surface area contributed by atoms with E-state index in [0.717, 1.165) is 18.4 Å². The molecule has 10 heavy (non-hydrogen) atoms. The minimum Gasteiger partial charge on any atom is -0.330 e. The predicted molar refractivity (Wildman–Crippen MR) is 44.7 cm³/mol. The molecule has 58 valence electrons. The molecule has 1 saturated carbocycles. The first-order valence-corrected chi connectivity index (χ1v) is 4.21. The second-order valence-electron chi connectivity index (χ2n) is 3.12. The zero-order valence-electron chi connectivity index (χ0n) is 6.72. The first-order chi connectivity index (χ1) is 4.88. The van der Waals surface area contributed by atoms with E-state index in [-0.39, 0.29) is 0 Å². The second-order valence-corrected chi connectivity index (χ2v) is 3.12. The van der Waals surface area contributed by atoms with Gasteiger partial charge in [-0.25, -0.2) is 0 Å². The van der Waals surface area contributed by atoms with Gasteiger partial charge in [-0.1, -0.05) is 18.6 Å². The summed E-state index contributed by atoms with van der Waals surface area (Å²) in [4.78, 5) is 0. The van der Waals surface area contributed by atoms with Crippen molar-refractivity contribution in [3.05, 3.63) is 12.2 Å². The molecule has 0 heterocycles. The highest BCUT2D eigenvalue weighted by molar-refractivity contribution is 4.93. The Morgan fingerprint density at radius 3 is 2.90 bits per heavy atom. The Bertz CT molecular complexity index is 118. The van der Waals surface area contributed by atoms with E-state index in [1.165, 1.54) is 19.3 Å². The van der Waals surface area contributed by atoms with Crippen molar-refractivity contribution in [3.63, 3.8) is 0 Å². The summed E-state index contributed by atoms with van der Waals surface area (Å²) in [6.07, 6.45) is 8.53. The van der Waals surface area contributed by atoms with E-state index in [0.29, 0.717) is 0 Å². The highest BCUT2D eigenvalue weighted by atomic mass is 14.6. The molecular formula is C9H17N. The van der Waals surface area contributed by atoms with Gasteiger partial charge in [-0.15, -0.1) is 0 Å². The van der Waals surface area contributed by atoms with E-state index in [2.05, 4.69) is 19.1 Å². The van der Waals surface area contributed by atoms with Crippen LogP contribution in [0.25, 0.3) is 0 Å². The maximum atomic E-state index is 5.62. The molecule has 0 aliphatic heterocycles. The third-order valence-corrected chi connectivity index (χ3v) is 2.46. The maximum Gasteiger partial charge on any atom is -0.00432 e. The van der Waals surface area contributed by atoms with Crippen LogP contribution in [0.2, 0.25) is 0 Å². The lowest BCUT2D eigenvalue weighted by molar-refractivity contribution is 0.469. The van der Waals surface area contributed by atoms with Crippen LogP contribution < -0.4 is 5.73 Å². The zero-order valence-corrected chi connectivity index (χ0v) is 6.72. The Kier molecular flexibility index (Phi) is 2.94. The summed E-state index contributed by atoms with van der Waals surface area (Å²) >= 11 is 0. The van der Waals surface area contributed by atoms with Gasteiger partial charge in [0.25, 0.3) is 0 Å². The smallest absolute Gasteiger partial charge is 0.00432 e. The van der Waals surface area contributed by atoms with E-state index < -0.39 is 0 Å². The molecule has 1 aliphatic rings. The minimum atomic E-state index is 0.774. The quantitative estimate of drug-likeness (QED) is 0.581. The van der Waals surface area contributed by atoms with Gasteiger partial charge in [0.15, 0.2) is 0 Å². The molecule has 0 aromatic heterocycles. The van der Waals surface area contributed by atoms with Crippen molar-refractivity contribution in [2.75, 3.05) is 6.54 Å². The minimum absolute atomic E-state index is 0.774. The molecule has 1 nitrogen and oxygen atoms in total. The molecule has 2 N–H and O–H groups in total. The summed E-state index contributed by atoms with van der Waals surface area (Å²) in [7, 11) is 0. The number of nitrogens with two attached hydrogens (primary N) is 1. The fourth-order valence-electron chi connectivity index (χ4n) is 1.86. The van der Waals surface area contributed by atoms with Crippen LogP contribution in [0.5, 0.6) is 0 Å². The van der Waals surface area contributed by atoms with Crippen LogP contribution in [-0.4, -0.2) is 6.54 Å². The molecule has 2 unspecified atom stereocenters. The van der Waals surface area contributed by atoms with Gasteiger partial charge < -0.3 is 5.73 Å². The third kappa shape index (κ3) is 1.60.